The fourth-order valence-corrected chi connectivity index (χ4v) is 1.19. The number of hydrogen-bond donors (Lipinski definition) is 2. The Morgan fingerprint density at radius 2 is 2.00 bits per heavy atom. The van der Waals surface area contributed by atoms with Gasteiger partial charge in [-0.25, -0.2) is 0 Å². The fraction of sp³-hybridized carbons (Fsp3) is 0.333. The molecule has 6 heteroatoms. The summed E-state index contributed by atoms with van der Waals surface area (Å²) in [7, 11) is 0. The van der Waals surface area contributed by atoms with Crippen LogP contribution in [-0.2, 0) is 6.54 Å². The molecule has 0 aromatic heterocycles. The van der Waals surface area contributed by atoms with E-state index in [1.807, 2.05) is 30.3 Å². The molecular formula is C9H13N3O3. The largest absolute Gasteiger partial charge is 0.569 e. The van der Waals surface area contributed by atoms with E-state index in [-0.39, 0.29) is 24.7 Å². The molecule has 1 rings (SSSR count). The Bertz CT molecular complexity index is 316. The van der Waals surface area contributed by atoms with Gasteiger partial charge in [0.2, 0.25) is 5.28 Å². The second-order valence-electron chi connectivity index (χ2n) is 2.94. The average molecular weight is 211 g/mol. The van der Waals surface area contributed by atoms with Crippen LogP contribution in [0.3, 0.4) is 0 Å². The first-order chi connectivity index (χ1) is 7.27. The summed E-state index contributed by atoms with van der Waals surface area (Å²) >= 11 is 0. The Hall–Kier alpha value is -1.82. The van der Waals surface area contributed by atoms with Crippen LogP contribution in [0.4, 0.5) is 0 Å². The van der Waals surface area contributed by atoms with Crippen molar-refractivity contribution < 1.29 is 15.3 Å². The van der Waals surface area contributed by atoms with Gasteiger partial charge in [0.1, 0.15) is 13.1 Å². The van der Waals surface area contributed by atoms with Gasteiger partial charge in [-0.05, 0) is 5.56 Å². The SMILES string of the molecule is [O-][N+](=NO)N(CCO)Cc1ccccc1. The van der Waals surface area contributed by atoms with Crippen LogP contribution in [0.15, 0.2) is 35.6 Å². The molecule has 0 spiro atoms. The number of benzene rings is 1. The summed E-state index contributed by atoms with van der Waals surface area (Å²) in [5, 5.41) is 31.7. The normalized spacial score (nSPS) is 11.4. The zero-order valence-corrected chi connectivity index (χ0v) is 8.15. The Morgan fingerprint density at radius 1 is 1.33 bits per heavy atom. The molecule has 0 bridgehead atoms. The first kappa shape index (κ1) is 11.3. The highest BCUT2D eigenvalue weighted by Gasteiger charge is 2.12. The van der Waals surface area contributed by atoms with E-state index in [0.29, 0.717) is 0 Å². The molecule has 0 radical (unpaired) electrons. The second kappa shape index (κ2) is 5.82. The lowest BCUT2D eigenvalue weighted by Crippen LogP contribution is -2.32. The Morgan fingerprint density at radius 3 is 2.53 bits per heavy atom. The van der Waals surface area contributed by atoms with Crippen LogP contribution in [-0.4, -0.2) is 33.4 Å². The van der Waals surface area contributed by atoms with Crippen LogP contribution in [0.25, 0.3) is 0 Å². The van der Waals surface area contributed by atoms with Crippen molar-refractivity contribution in [1.29, 1.82) is 0 Å². The van der Waals surface area contributed by atoms with E-state index in [1.165, 1.54) is 5.01 Å². The van der Waals surface area contributed by atoms with Gasteiger partial charge in [0, 0.05) is 0 Å². The quantitative estimate of drug-likeness (QED) is 0.427. The Balaban J connectivity index is 2.67. The highest BCUT2D eigenvalue weighted by molar-refractivity contribution is 5.13. The summed E-state index contributed by atoms with van der Waals surface area (Å²) in [4.78, 5) is 0.0587. The minimum atomic E-state index is -0.179. The molecule has 0 unspecified atom stereocenters. The summed E-state index contributed by atoms with van der Waals surface area (Å²) in [5.74, 6) is 0. The van der Waals surface area contributed by atoms with E-state index < -0.39 is 0 Å². The Kier molecular flexibility index (Phi) is 4.36. The second-order valence-corrected chi connectivity index (χ2v) is 2.94. The van der Waals surface area contributed by atoms with E-state index in [0.717, 1.165) is 5.56 Å². The average Bonchev–Trinajstić information content (AvgIpc) is 2.29. The molecule has 82 valence electrons. The zero-order valence-electron chi connectivity index (χ0n) is 8.15. The molecule has 0 aliphatic heterocycles. The molecule has 6 nitrogen and oxygen atoms in total. The third kappa shape index (κ3) is 3.43. The number of hydrazine groups is 1. The van der Waals surface area contributed by atoms with Crippen molar-refractivity contribution in [2.75, 3.05) is 13.2 Å². The predicted octanol–water partition coefficient (Wildman–Crippen LogP) is 0.748. The van der Waals surface area contributed by atoms with Crippen LogP contribution in [0.1, 0.15) is 5.56 Å². The minimum Gasteiger partial charge on any atom is -0.569 e. The molecule has 1 aromatic rings. The van der Waals surface area contributed by atoms with E-state index in [4.69, 9.17) is 10.3 Å². The van der Waals surface area contributed by atoms with Gasteiger partial charge in [-0.2, -0.15) is 0 Å². The van der Waals surface area contributed by atoms with Gasteiger partial charge < -0.3 is 15.5 Å². The highest BCUT2D eigenvalue weighted by atomic mass is 16.6. The third-order valence-electron chi connectivity index (χ3n) is 1.88. The van der Waals surface area contributed by atoms with Crippen molar-refractivity contribution in [3.8, 4) is 0 Å². The van der Waals surface area contributed by atoms with E-state index in [9.17, 15) is 5.21 Å². The van der Waals surface area contributed by atoms with Crippen molar-refractivity contribution >= 4 is 0 Å². The van der Waals surface area contributed by atoms with Crippen molar-refractivity contribution in [1.82, 2.24) is 5.01 Å². The standard InChI is InChI=1S/C9H13N3O3/c13-7-6-11(12(15)10-14)8-9-4-2-1-3-5-9/h1-5,13-14H,6-8H2. The molecule has 1 aromatic carbocycles. The van der Waals surface area contributed by atoms with Crippen molar-refractivity contribution in [2.24, 2.45) is 5.28 Å². The molecule has 0 amide bonds. The molecule has 15 heavy (non-hydrogen) atoms. The lowest BCUT2D eigenvalue weighted by molar-refractivity contribution is -0.713. The monoisotopic (exact) mass is 211 g/mol. The maximum atomic E-state index is 11.0. The third-order valence-corrected chi connectivity index (χ3v) is 1.88. The summed E-state index contributed by atoms with van der Waals surface area (Å²) < 4.78 is 0. The number of hydrogen-bond acceptors (Lipinski definition) is 3. The van der Waals surface area contributed by atoms with Crippen LogP contribution in [0.5, 0.6) is 0 Å². The van der Waals surface area contributed by atoms with Gasteiger partial charge in [-0.15, -0.1) is 5.01 Å². The van der Waals surface area contributed by atoms with Gasteiger partial charge in [0.05, 0.1) is 11.6 Å². The van der Waals surface area contributed by atoms with Gasteiger partial charge in [0.15, 0.2) is 0 Å². The van der Waals surface area contributed by atoms with Crippen LogP contribution in [0, 0.1) is 5.21 Å². The van der Waals surface area contributed by atoms with Crippen LogP contribution >= 0.6 is 0 Å². The van der Waals surface area contributed by atoms with Crippen molar-refractivity contribution in [3.05, 3.63) is 41.1 Å². The number of nitrogens with zero attached hydrogens (tertiary/aromatic N) is 3. The molecule has 0 aliphatic rings. The van der Waals surface area contributed by atoms with E-state index >= 15 is 0 Å². The Labute approximate surface area is 87.2 Å². The summed E-state index contributed by atoms with van der Waals surface area (Å²) in [6.07, 6.45) is 0. The van der Waals surface area contributed by atoms with Crippen molar-refractivity contribution in [3.63, 3.8) is 0 Å². The summed E-state index contributed by atoms with van der Waals surface area (Å²) in [5.41, 5.74) is 0.899. The van der Waals surface area contributed by atoms with Gasteiger partial charge in [-0.3, -0.25) is 0 Å². The van der Waals surface area contributed by atoms with Gasteiger partial charge >= 0.3 is 0 Å². The summed E-state index contributed by atoms with van der Waals surface area (Å²) in [6, 6.07) is 9.24. The van der Waals surface area contributed by atoms with E-state index in [2.05, 4.69) is 5.28 Å². The molecular weight excluding hydrogens is 198 g/mol. The molecule has 0 saturated carbocycles. The first-order valence-electron chi connectivity index (χ1n) is 4.50. The maximum absolute atomic E-state index is 11.0. The molecule has 2 N–H and O–H groups in total. The van der Waals surface area contributed by atoms with Gasteiger partial charge in [-0.1, -0.05) is 30.3 Å². The maximum Gasteiger partial charge on any atom is 0.230 e. The predicted molar refractivity (Wildman–Crippen MR) is 51.8 cm³/mol. The van der Waals surface area contributed by atoms with Crippen LogP contribution < -0.4 is 0 Å². The minimum absolute atomic E-state index is 0.0587. The fourth-order valence-electron chi connectivity index (χ4n) is 1.19. The lowest BCUT2D eigenvalue weighted by Gasteiger charge is -2.16. The van der Waals surface area contributed by atoms with Gasteiger partial charge in [0.25, 0.3) is 0 Å². The molecule has 0 aliphatic carbocycles. The number of rotatable bonds is 5. The van der Waals surface area contributed by atoms with Crippen molar-refractivity contribution in [2.45, 2.75) is 6.54 Å². The molecule has 0 saturated heterocycles. The number of aliphatic hydroxyl groups excluding tert-OH is 1. The molecule has 0 fully saturated rings. The topological polar surface area (TPSA) is 82.1 Å². The number of aliphatic hydroxyl groups is 1. The first-order valence-corrected chi connectivity index (χ1v) is 4.50. The zero-order chi connectivity index (χ0) is 11.1. The summed E-state index contributed by atoms with van der Waals surface area (Å²) in [6.45, 7) is 0.221. The van der Waals surface area contributed by atoms with Crippen LogP contribution in [0.2, 0.25) is 0 Å². The smallest absolute Gasteiger partial charge is 0.230 e. The molecule has 0 heterocycles. The lowest BCUT2D eigenvalue weighted by atomic mass is 10.2. The van der Waals surface area contributed by atoms with E-state index in [1.54, 1.807) is 0 Å². The molecule has 0 atom stereocenters. The highest BCUT2D eigenvalue weighted by Crippen LogP contribution is 2.04.